The van der Waals surface area contributed by atoms with Crippen molar-refractivity contribution in [3.63, 3.8) is 0 Å². The van der Waals surface area contributed by atoms with Gasteiger partial charge in [-0.2, -0.15) is 9.40 Å². The molecule has 1 aliphatic heterocycles. The smallest absolute Gasteiger partial charge is 0.251 e. The Hall–Kier alpha value is -2.86. The first-order valence-electron chi connectivity index (χ1n) is 9.45. The number of fused-ring (bicyclic) bond motifs is 2. The summed E-state index contributed by atoms with van der Waals surface area (Å²) in [6, 6.07) is 12.3. The molecule has 0 aliphatic carbocycles. The van der Waals surface area contributed by atoms with E-state index in [0.717, 1.165) is 28.0 Å². The standard InChI is InChI=1S/C21H18ClN5O2S/c1-12-8-17-18(9-13(12)2)24-21(23-17)20-16-6-7-27(11-19(16)25-26-20)30(28,29)15-5-3-4-14(22)10-15/h4,8-10H,6-7,11H2,1-2H3,(H,23,24)(H,25,26). The van der Waals surface area contributed by atoms with E-state index in [1.54, 1.807) is 0 Å². The highest BCUT2D eigenvalue weighted by Crippen LogP contribution is 2.31. The molecule has 0 bridgehead atoms. The van der Waals surface area contributed by atoms with Gasteiger partial charge in [-0.1, -0.05) is 17.7 Å². The van der Waals surface area contributed by atoms with Crippen molar-refractivity contribution in [2.45, 2.75) is 31.7 Å². The second-order valence-corrected chi connectivity index (χ2v) is 9.81. The zero-order chi connectivity index (χ0) is 21.0. The molecule has 2 aromatic heterocycles. The van der Waals surface area contributed by atoms with Crippen LogP contribution in [0.5, 0.6) is 0 Å². The summed E-state index contributed by atoms with van der Waals surface area (Å²) >= 11 is 5.93. The van der Waals surface area contributed by atoms with Gasteiger partial charge in [0.15, 0.2) is 5.82 Å². The number of nitrogens with zero attached hydrogens (tertiary/aromatic N) is 3. The van der Waals surface area contributed by atoms with Crippen LogP contribution < -0.4 is 0 Å². The van der Waals surface area contributed by atoms with Crippen molar-refractivity contribution in [1.29, 1.82) is 0 Å². The number of imidazole rings is 1. The summed E-state index contributed by atoms with van der Waals surface area (Å²) < 4.78 is 27.3. The fourth-order valence-electron chi connectivity index (χ4n) is 3.73. The molecule has 152 valence electrons. The minimum absolute atomic E-state index is 0.0150. The zero-order valence-electron chi connectivity index (χ0n) is 16.4. The molecule has 30 heavy (non-hydrogen) atoms. The van der Waals surface area contributed by atoms with Crippen LogP contribution in [-0.2, 0) is 23.0 Å². The zero-order valence-corrected chi connectivity index (χ0v) is 17.9. The number of sulfonamides is 1. The van der Waals surface area contributed by atoms with Crippen molar-refractivity contribution in [3.8, 4) is 11.5 Å². The number of aryl methyl sites for hydroxylation is 2. The summed E-state index contributed by atoms with van der Waals surface area (Å²) in [7, 11) is -3.72. The molecule has 0 atom stereocenters. The highest BCUT2D eigenvalue weighted by atomic mass is 35.5. The van der Waals surface area contributed by atoms with Gasteiger partial charge >= 0.3 is 0 Å². The Morgan fingerprint density at radius 1 is 1.20 bits per heavy atom. The van der Waals surface area contributed by atoms with E-state index in [1.165, 1.54) is 27.6 Å². The first kappa shape index (κ1) is 19.1. The van der Waals surface area contributed by atoms with Crippen LogP contribution in [0.15, 0.2) is 29.2 Å². The van der Waals surface area contributed by atoms with Crippen LogP contribution in [0.3, 0.4) is 0 Å². The second-order valence-electron chi connectivity index (χ2n) is 7.46. The molecule has 2 aromatic carbocycles. The molecular weight excluding hydrogens is 422 g/mol. The number of hydrogen-bond donors (Lipinski definition) is 2. The number of benzene rings is 1. The number of hydrogen-bond acceptors (Lipinski definition) is 4. The van der Waals surface area contributed by atoms with Crippen LogP contribution >= 0.6 is 11.6 Å². The van der Waals surface area contributed by atoms with E-state index in [2.05, 4.69) is 53.3 Å². The maximum Gasteiger partial charge on any atom is 0.251 e. The Balaban J connectivity index is 1.48. The topological polar surface area (TPSA) is 94.7 Å². The van der Waals surface area contributed by atoms with E-state index in [-0.39, 0.29) is 11.4 Å². The lowest BCUT2D eigenvalue weighted by molar-refractivity contribution is 0.387. The van der Waals surface area contributed by atoms with Gasteiger partial charge in [0, 0.05) is 18.2 Å². The first-order chi connectivity index (χ1) is 14.3. The van der Waals surface area contributed by atoms with Crippen LogP contribution in [0.4, 0.5) is 0 Å². The summed E-state index contributed by atoms with van der Waals surface area (Å²) in [5, 5.41) is 7.74. The van der Waals surface area contributed by atoms with E-state index in [1.807, 2.05) is 0 Å². The molecule has 1 aliphatic rings. The summed E-state index contributed by atoms with van der Waals surface area (Å²) in [6.45, 7) is 4.66. The van der Waals surface area contributed by atoms with Gasteiger partial charge in [0.05, 0.1) is 28.3 Å². The van der Waals surface area contributed by atoms with Crippen LogP contribution in [0.25, 0.3) is 22.6 Å². The predicted octanol–water partition coefficient (Wildman–Crippen LogP) is 3.57. The summed E-state index contributed by atoms with van der Waals surface area (Å²) in [6.07, 6.45) is 0.528. The van der Waals surface area contributed by atoms with Gasteiger partial charge in [0.1, 0.15) is 10.6 Å². The van der Waals surface area contributed by atoms with Gasteiger partial charge in [-0.25, -0.2) is 13.4 Å². The molecule has 0 radical (unpaired) electrons. The van der Waals surface area contributed by atoms with Gasteiger partial charge in [-0.05, 0) is 55.7 Å². The molecule has 2 N–H and O–H groups in total. The molecular formula is C21H18ClN5O2S. The number of H-pyrrole nitrogens is 2. The van der Waals surface area contributed by atoms with Crippen molar-refractivity contribution in [2.24, 2.45) is 0 Å². The van der Waals surface area contributed by atoms with Crippen molar-refractivity contribution >= 4 is 32.7 Å². The van der Waals surface area contributed by atoms with E-state index in [4.69, 9.17) is 16.6 Å². The molecule has 9 heteroatoms. The second kappa shape index (κ2) is 6.84. The largest absolute Gasteiger partial charge is 0.337 e. The van der Waals surface area contributed by atoms with Crippen molar-refractivity contribution in [1.82, 2.24) is 24.5 Å². The molecule has 5 rings (SSSR count). The lowest BCUT2D eigenvalue weighted by Gasteiger charge is -2.25. The van der Waals surface area contributed by atoms with Gasteiger partial charge in [0.25, 0.3) is 10.0 Å². The van der Waals surface area contributed by atoms with Gasteiger partial charge in [0.2, 0.25) is 0 Å². The highest BCUT2D eigenvalue weighted by molar-refractivity contribution is 7.89. The monoisotopic (exact) mass is 439 g/mol. The maximum atomic E-state index is 13.0. The lowest BCUT2D eigenvalue weighted by atomic mass is 10.1. The summed E-state index contributed by atoms with van der Waals surface area (Å²) in [4.78, 5) is 8.05. The number of aromatic nitrogens is 4. The normalized spacial score (nSPS) is 14.6. The molecule has 4 aromatic rings. The minimum atomic E-state index is -3.72. The molecule has 0 saturated heterocycles. The molecule has 0 spiro atoms. The number of rotatable bonds is 3. The fraction of sp³-hybridized carbons (Fsp3) is 0.238. The average molecular weight is 440 g/mol. The number of nitrogens with one attached hydrogen (secondary N) is 2. The molecule has 3 heterocycles. The Kier molecular flexibility index (Phi) is 4.36. The van der Waals surface area contributed by atoms with Crippen LogP contribution in [0, 0.1) is 26.0 Å². The molecule has 0 unspecified atom stereocenters. The van der Waals surface area contributed by atoms with E-state index in [9.17, 15) is 8.42 Å². The molecule has 7 nitrogen and oxygen atoms in total. The van der Waals surface area contributed by atoms with Crippen LogP contribution in [-0.4, -0.2) is 39.4 Å². The highest BCUT2D eigenvalue weighted by Gasteiger charge is 2.32. The van der Waals surface area contributed by atoms with Gasteiger partial charge in [-0.3, -0.25) is 5.10 Å². The Bertz CT molecular complexity index is 1350. The predicted molar refractivity (Wildman–Crippen MR) is 114 cm³/mol. The Morgan fingerprint density at radius 3 is 2.80 bits per heavy atom. The van der Waals surface area contributed by atoms with Crippen LogP contribution in [0.1, 0.15) is 22.4 Å². The third-order valence-corrected chi connectivity index (χ3v) is 7.50. The van der Waals surface area contributed by atoms with Crippen molar-refractivity contribution in [3.05, 3.63) is 63.8 Å². The van der Waals surface area contributed by atoms with Crippen molar-refractivity contribution in [2.75, 3.05) is 6.54 Å². The fourth-order valence-corrected chi connectivity index (χ4v) is 5.33. The lowest BCUT2D eigenvalue weighted by Crippen LogP contribution is -2.35. The van der Waals surface area contributed by atoms with E-state index < -0.39 is 10.0 Å². The van der Waals surface area contributed by atoms with E-state index >= 15 is 0 Å². The maximum absolute atomic E-state index is 13.0. The molecule has 0 fully saturated rings. The van der Waals surface area contributed by atoms with Gasteiger partial charge in [-0.15, -0.1) is 0 Å². The summed E-state index contributed by atoms with van der Waals surface area (Å²) in [5.41, 5.74) is 6.69. The van der Waals surface area contributed by atoms with Crippen molar-refractivity contribution < 1.29 is 8.42 Å². The number of aromatic amines is 2. The Morgan fingerprint density at radius 2 is 2.00 bits per heavy atom. The third-order valence-electron chi connectivity index (χ3n) is 5.51. The molecule has 0 saturated carbocycles. The SMILES string of the molecule is Cc1cc2nc(-c3n[nH]c4c3CCN(S(=O)(=O)c3c#ccc(Cl)c3)C4)[nH]c2cc1C. The molecule has 0 amide bonds. The average Bonchev–Trinajstić information content (AvgIpc) is 3.31. The number of halogens is 1. The first-order valence-corrected chi connectivity index (χ1v) is 11.3. The Labute approximate surface area is 179 Å². The summed E-state index contributed by atoms with van der Waals surface area (Å²) in [5.74, 6) is 0.682. The minimum Gasteiger partial charge on any atom is -0.337 e. The van der Waals surface area contributed by atoms with E-state index in [0.29, 0.717) is 23.8 Å². The van der Waals surface area contributed by atoms with Crippen LogP contribution in [0.2, 0.25) is 5.02 Å². The third kappa shape index (κ3) is 3.06. The quantitative estimate of drug-likeness (QED) is 0.510. The van der Waals surface area contributed by atoms with Gasteiger partial charge < -0.3 is 4.98 Å².